The van der Waals surface area contributed by atoms with Crippen molar-refractivity contribution in [2.75, 3.05) is 54.2 Å². The smallest absolute Gasteiger partial charge is 0.414 e. The second-order valence-corrected chi connectivity index (χ2v) is 10.0. The van der Waals surface area contributed by atoms with E-state index in [1.54, 1.807) is 12.0 Å². The average molecular weight is 507 g/mol. The fourth-order valence-corrected chi connectivity index (χ4v) is 5.53. The molecule has 36 heavy (non-hydrogen) atoms. The summed E-state index contributed by atoms with van der Waals surface area (Å²) in [6.07, 6.45) is 2.01. The summed E-state index contributed by atoms with van der Waals surface area (Å²) in [6.45, 7) is 2.99. The monoisotopic (exact) mass is 506 g/mol. The standard InChI is InChI=1S/C25H26N6O4S/c1-34-23-5-3-18-24(29-23)20(7-9-27-18)30-11-15(12-30)26-8-6-17-13-31(25(33)35-17)16-2-4-21-19(10-16)28-22(32)14-36-21/h2-5,7,9-10,15,17,26H,6,8,11-14H2,1H3,(H,28,32)/t17-/m1/s1. The topological polar surface area (TPSA) is 109 Å². The number of carbonyl (C=O) groups excluding carboxylic acids is 2. The normalized spacial score (nSPS) is 19.6. The minimum Gasteiger partial charge on any atom is -0.481 e. The first-order valence-electron chi connectivity index (χ1n) is 11.9. The molecule has 2 fully saturated rings. The van der Waals surface area contributed by atoms with Crippen molar-refractivity contribution in [2.45, 2.75) is 23.5 Å². The van der Waals surface area contributed by atoms with E-state index < -0.39 is 0 Å². The summed E-state index contributed by atoms with van der Waals surface area (Å²) in [7, 11) is 1.61. The van der Waals surface area contributed by atoms with Crippen LogP contribution >= 0.6 is 11.8 Å². The maximum absolute atomic E-state index is 12.5. The Labute approximate surface area is 212 Å². The maximum Gasteiger partial charge on any atom is 0.414 e. The van der Waals surface area contributed by atoms with Crippen molar-refractivity contribution < 1.29 is 19.1 Å². The zero-order valence-electron chi connectivity index (χ0n) is 19.8. The van der Waals surface area contributed by atoms with Crippen molar-refractivity contribution in [2.24, 2.45) is 0 Å². The minimum absolute atomic E-state index is 0.0275. The molecule has 5 heterocycles. The van der Waals surface area contributed by atoms with E-state index in [4.69, 9.17) is 9.47 Å². The summed E-state index contributed by atoms with van der Waals surface area (Å²) in [5, 5.41) is 6.44. The van der Waals surface area contributed by atoms with E-state index in [2.05, 4.69) is 25.5 Å². The van der Waals surface area contributed by atoms with Crippen LogP contribution in [0.4, 0.5) is 21.9 Å². The van der Waals surface area contributed by atoms with Crippen LogP contribution in [-0.2, 0) is 9.53 Å². The molecule has 3 aliphatic rings. The molecule has 186 valence electrons. The van der Waals surface area contributed by atoms with Crippen molar-refractivity contribution in [3.8, 4) is 5.88 Å². The van der Waals surface area contributed by atoms with E-state index in [-0.39, 0.29) is 18.1 Å². The SMILES string of the molecule is COc1ccc2nccc(N3CC(NCC[C@@H]4CN(c5ccc6c(c5)NC(=O)CS6)C(=O)O4)C3)c2n1. The highest BCUT2D eigenvalue weighted by atomic mass is 32.2. The zero-order valence-corrected chi connectivity index (χ0v) is 20.6. The molecule has 0 spiro atoms. The van der Waals surface area contributed by atoms with Gasteiger partial charge in [0.05, 0.1) is 36.3 Å². The number of ether oxygens (including phenoxy) is 2. The van der Waals surface area contributed by atoms with Crippen LogP contribution < -0.4 is 25.2 Å². The fourth-order valence-electron chi connectivity index (χ4n) is 4.74. The first-order chi connectivity index (χ1) is 17.6. The van der Waals surface area contributed by atoms with Crippen LogP contribution in [0, 0.1) is 0 Å². The summed E-state index contributed by atoms with van der Waals surface area (Å²) < 4.78 is 10.9. The molecule has 3 aromatic rings. The van der Waals surface area contributed by atoms with Crippen LogP contribution in [0.25, 0.3) is 11.0 Å². The van der Waals surface area contributed by atoms with Crippen molar-refractivity contribution in [1.29, 1.82) is 0 Å². The number of carbonyl (C=O) groups is 2. The van der Waals surface area contributed by atoms with Gasteiger partial charge in [0.15, 0.2) is 0 Å². The molecular weight excluding hydrogens is 480 g/mol. The number of nitrogens with zero attached hydrogens (tertiary/aromatic N) is 4. The van der Waals surface area contributed by atoms with Gasteiger partial charge < -0.3 is 25.0 Å². The number of hydrogen-bond donors (Lipinski definition) is 2. The van der Waals surface area contributed by atoms with Crippen molar-refractivity contribution >= 4 is 51.9 Å². The molecule has 11 heteroatoms. The van der Waals surface area contributed by atoms with Gasteiger partial charge in [0.1, 0.15) is 11.6 Å². The number of cyclic esters (lactones) is 1. The maximum atomic E-state index is 12.5. The van der Waals surface area contributed by atoms with Crippen molar-refractivity contribution in [3.63, 3.8) is 0 Å². The third kappa shape index (κ3) is 4.40. The summed E-state index contributed by atoms with van der Waals surface area (Å²) >= 11 is 1.50. The van der Waals surface area contributed by atoms with Crippen LogP contribution in [0.2, 0.25) is 0 Å². The molecule has 0 bridgehead atoms. The highest BCUT2D eigenvalue weighted by Crippen LogP contribution is 2.35. The molecule has 0 aliphatic carbocycles. The Hall–Kier alpha value is -3.57. The van der Waals surface area contributed by atoms with Gasteiger partial charge in [0.2, 0.25) is 11.8 Å². The minimum atomic E-state index is -0.350. The predicted molar refractivity (Wildman–Crippen MR) is 138 cm³/mol. The molecule has 3 aliphatic heterocycles. The lowest BCUT2D eigenvalue weighted by Gasteiger charge is -2.41. The van der Waals surface area contributed by atoms with Gasteiger partial charge in [-0.25, -0.2) is 9.78 Å². The first kappa shape index (κ1) is 22.9. The molecule has 1 atom stereocenters. The molecule has 2 N–H and O–H groups in total. The number of thioether (sulfide) groups is 1. The van der Waals surface area contributed by atoms with Crippen molar-refractivity contribution in [1.82, 2.24) is 15.3 Å². The van der Waals surface area contributed by atoms with Gasteiger partial charge in [-0.1, -0.05) is 0 Å². The summed E-state index contributed by atoms with van der Waals surface area (Å²) in [4.78, 5) is 38.1. The highest BCUT2D eigenvalue weighted by molar-refractivity contribution is 8.00. The third-order valence-electron chi connectivity index (χ3n) is 6.65. The Kier molecular flexibility index (Phi) is 6.02. The van der Waals surface area contributed by atoms with E-state index in [0.29, 0.717) is 24.2 Å². The second kappa shape index (κ2) is 9.47. The van der Waals surface area contributed by atoms with Gasteiger partial charge in [0.25, 0.3) is 0 Å². The van der Waals surface area contributed by atoms with E-state index in [1.165, 1.54) is 11.8 Å². The first-order valence-corrected chi connectivity index (χ1v) is 12.9. The Morgan fingerprint density at radius 2 is 2.08 bits per heavy atom. The van der Waals surface area contributed by atoms with Gasteiger partial charge in [0, 0.05) is 42.0 Å². The number of pyridine rings is 2. The van der Waals surface area contributed by atoms with Gasteiger partial charge in [-0.2, -0.15) is 0 Å². The second-order valence-electron chi connectivity index (χ2n) is 9.03. The van der Waals surface area contributed by atoms with E-state index in [9.17, 15) is 9.59 Å². The lowest BCUT2D eigenvalue weighted by Crippen LogP contribution is -2.58. The fraction of sp³-hybridized carbons (Fsp3) is 0.360. The zero-order chi connectivity index (χ0) is 24.6. The Morgan fingerprint density at radius 1 is 1.19 bits per heavy atom. The molecule has 2 amide bonds. The Morgan fingerprint density at radius 3 is 2.94 bits per heavy atom. The van der Waals surface area contributed by atoms with Gasteiger partial charge in [-0.15, -0.1) is 11.8 Å². The molecule has 2 aromatic heterocycles. The third-order valence-corrected chi connectivity index (χ3v) is 7.72. The molecule has 0 saturated carbocycles. The molecule has 0 unspecified atom stereocenters. The predicted octanol–water partition coefficient (Wildman–Crippen LogP) is 2.88. The number of fused-ring (bicyclic) bond motifs is 2. The van der Waals surface area contributed by atoms with E-state index in [0.717, 1.165) is 59.0 Å². The van der Waals surface area contributed by atoms with E-state index in [1.807, 2.05) is 42.6 Å². The number of benzene rings is 1. The molecule has 10 nitrogen and oxygen atoms in total. The average Bonchev–Trinajstić information content (AvgIpc) is 3.24. The summed E-state index contributed by atoms with van der Waals surface area (Å²) in [5.41, 5.74) is 4.22. The quantitative estimate of drug-likeness (QED) is 0.500. The number of anilines is 3. The van der Waals surface area contributed by atoms with E-state index >= 15 is 0 Å². The number of aromatic nitrogens is 2. The van der Waals surface area contributed by atoms with Crippen LogP contribution in [0.15, 0.2) is 47.5 Å². The molecular formula is C25H26N6O4S. The number of nitrogens with one attached hydrogen (secondary N) is 2. The van der Waals surface area contributed by atoms with Crippen LogP contribution in [0.3, 0.4) is 0 Å². The Balaban J connectivity index is 1.00. The van der Waals surface area contributed by atoms with Gasteiger partial charge in [-0.05, 0) is 43.3 Å². The summed E-state index contributed by atoms with van der Waals surface area (Å²) in [5.74, 6) is 0.961. The van der Waals surface area contributed by atoms with Crippen LogP contribution in [0.1, 0.15) is 6.42 Å². The molecule has 2 saturated heterocycles. The molecule has 0 radical (unpaired) electrons. The van der Waals surface area contributed by atoms with Gasteiger partial charge in [-0.3, -0.25) is 14.7 Å². The summed E-state index contributed by atoms with van der Waals surface area (Å²) in [6, 6.07) is 11.8. The number of rotatable bonds is 7. The number of methoxy groups -OCH3 is 1. The van der Waals surface area contributed by atoms with Crippen LogP contribution in [-0.4, -0.2) is 73.2 Å². The lowest BCUT2D eigenvalue weighted by molar-refractivity contribution is -0.113. The van der Waals surface area contributed by atoms with Crippen molar-refractivity contribution in [3.05, 3.63) is 42.6 Å². The largest absolute Gasteiger partial charge is 0.481 e. The highest BCUT2D eigenvalue weighted by Gasteiger charge is 2.34. The van der Waals surface area contributed by atoms with Gasteiger partial charge >= 0.3 is 6.09 Å². The number of hydrogen-bond acceptors (Lipinski definition) is 9. The lowest BCUT2D eigenvalue weighted by atomic mass is 10.1. The molecule has 1 aromatic carbocycles. The Bertz CT molecular complexity index is 1330. The van der Waals surface area contributed by atoms with Crippen LogP contribution in [0.5, 0.6) is 5.88 Å². The molecule has 6 rings (SSSR count). The number of amides is 2.